The van der Waals surface area contributed by atoms with Crippen LogP contribution < -0.4 is 11.3 Å². The number of hydrogen-bond donors (Lipinski definition) is 2. The molecule has 0 aliphatic rings. The Balaban J connectivity index is 2.54. The number of rotatable bonds is 5. The van der Waals surface area contributed by atoms with Crippen molar-refractivity contribution in [3.63, 3.8) is 0 Å². The SMILES string of the molecule is CN(C)CCC(NN)c1ccc(Cl)s1. The number of nitrogens with one attached hydrogen (secondary N) is 1. The molecule has 14 heavy (non-hydrogen) atoms. The van der Waals surface area contributed by atoms with Crippen molar-refractivity contribution in [1.29, 1.82) is 0 Å². The Hall–Kier alpha value is -0.130. The van der Waals surface area contributed by atoms with Gasteiger partial charge < -0.3 is 4.90 Å². The van der Waals surface area contributed by atoms with Crippen LogP contribution in [0.2, 0.25) is 4.34 Å². The van der Waals surface area contributed by atoms with E-state index in [1.54, 1.807) is 11.3 Å². The lowest BCUT2D eigenvalue weighted by Gasteiger charge is -2.16. The van der Waals surface area contributed by atoms with Gasteiger partial charge in [-0.2, -0.15) is 0 Å². The minimum absolute atomic E-state index is 0.204. The normalized spacial score (nSPS) is 13.5. The first-order chi connectivity index (χ1) is 6.63. The minimum Gasteiger partial charge on any atom is -0.309 e. The molecule has 0 spiro atoms. The lowest BCUT2D eigenvalue weighted by atomic mass is 10.2. The molecule has 0 amide bonds. The Kier molecular flexibility index (Phi) is 4.84. The quantitative estimate of drug-likeness (QED) is 0.603. The molecular weight excluding hydrogens is 218 g/mol. The van der Waals surface area contributed by atoms with Crippen molar-refractivity contribution in [3.8, 4) is 0 Å². The van der Waals surface area contributed by atoms with Crippen LogP contribution in [0.3, 0.4) is 0 Å². The average molecular weight is 234 g/mol. The fourth-order valence-corrected chi connectivity index (χ4v) is 2.37. The predicted octanol–water partition coefficient (Wildman–Crippen LogP) is 1.86. The molecule has 0 fully saturated rings. The van der Waals surface area contributed by atoms with Gasteiger partial charge in [-0.3, -0.25) is 11.3 Å². The molecule has 0 aliphatic heterocycles. The summed E-state index contributed by atoms with van der Waals surface area (Å²) in [7, 11) is 4.10. The zero-order valence-electron chi connectivity index (χ0n) is 8.46. The van der Waals surface area contributed by atoms with Gasteiger partial charge in [0.1, 0.15) is 0 Å². The van der Waals surface area contributed by atoms with E-state index in [0.29, 0.717) is 0 Å². The maximum Gasteiger partial charge on any atom is 0.0931 e. The molecule has 1 unspecified atom stereocenters. The van der Waals surface area contributed by atoms with Gasteiger partial charge in [-0.05, 0) is 39.2 Å². The van der Waals surface area contributed by atoms with Gasteiger partial charge in [0.2, 0.25) is 0 Å². The Morgan fingerprint density at radius 3 is 2.71 bits per heavy atom. The van der Waals surface area contributed by atoms with Gasteiger partial charge >= 0.3 is 0 Å². The number of halogens is 1. The van der Waals surface area contributed by atoms with E-state index in [1.165, 1.54) is 4.88 Å². The first-order valence-electron chi connectivity index (χ1n) is 4.49. The summed E-state index contributed by atoms with van der Waals surface area (Å²) >= 11 is 7.44. The van der Waals surface area contributed by atoms with Crippen LogP contribution in [0.4, 0.5) is 0 Å². The van der Waals surface area contributed by atoms with Crippen molar-refractivity contribution < 1.29 is 0 Å². The molecule has 1 heterocycles. The van der Waals surface area contributed by atoms with Gasteiger partial charge in [-0.25, -0.2) is 0 Å². The standard InChI is InChI=1S/C9H16ClN3S/c1-13(2)6-5-7(12-11)8-3-4-9(10)14-8/h3-4,7,12H,5-6,11H2,1-2H3. The maximum atomic E-state index is 5.86. The maximum absolute atomic E-state index is 5.86. The van der Waals surface area contributed by atoms with Gasteiger partial charge in [-0.15, -0.1) is 11.3 Å². The summed E-state index contributed by atoms with van der Waals surface area (Å²) in [5.74, 6) is 5.50. The Morgan fingerprint density at radius 2 is 2.29 bits per heavy atom. The Morgan fingerprint density at radius 1 is 1.57 bits per heavy atom. The van der Waals surface area contributed by atoms with Crippen molar-refractivity contribution in [2.24, 2.45) is 5.84 Å². The molecule has 1 atom stereocenters. The van der Waals surface area contributed by atoms with Crippen molar-refractivity contribution in [3.05, 3.63) is 21.3 Å². The molecule has 0 saturated carbocycles. The fourth-order valence-electron chi connectivity index (χ4n) is 1.21. The van der Waals surface area contributed by atoms with E-state index in [1.807, 2.05) is 12.1 Å². The highest BCUT2D eigenvalue weighted by Crippen LogP contribution is 2.28. The molecule has 3 nitrogen and oxygen atoms in total. The average Bonchev–Trinajstić information content (AvgIpc) is 2.53. The van der Waals surface area contributed by atoms with Crippen LogP contribution >= 0.6 is 22.9 Å². The van der Waals surface area contributed by atoms with Gasteiger partial charge in [0.25, 0.3) is 0 Å². The summed E-state index contributed by atoms with van der Waals surface area (Å²) in [4.78, 5) is 3.33. The Bertz CT molecular complexity index is 275. The van der Waals surface area contributed by atoms with Crippen LogP contribution in [-0.2, 0) is 0 Å². The largest absolute Gasteiger partial charge is 0.309 e. The van der Waals surface area contributed by atoms with Crippen molar-refractivity contribution in [2.45, 2.75) is 12.5 Å². The number of nitrogens with zero attached hydrogens (tertiary/aromatic N) is 1. The molecule has 1 rings (SSSR count). The highest BCUT2D eigenvalue weighted by molar-refractivity contribution is 7.16. The van der Waals surface area contributed by atoms with Crippen molar-refractivity contribution in [2.75, 3.05) is 20.6 Å². The topological polar surface area (TPSA) is 41.3 Å². The molecule has 3 N–H and O–H groups in total. The first-order valence-corrected chi connectivity index (χ1v) is 5.69. The van der Waals surface area contributed by atoms with Gasteiger partial charge in [0.05, 0.1) is 10.4 Å². The Labute approximate surface area is 93.8 Å². The highest BCUT2D eigenvalue weighted by atomic mass is 35.5. The van der Waals surface area contributed by atoms with Crippen LogP contribution in [0.25, 0.3) is 0 Å². The molecule has 1 aromatic rings. The van der Waals surface area contributed by atoms with Crippen LogP contribution in [0.1, 0.15) is 17.3 Å². The monoisotopic (exact) mass is 233 g/mol. The van der Waals surface area contributed by atoms with E-state index >= 15 is 0 Å². The summed E-state index contributed by atoms with van der Waals surface area (Å²) in [6.45, 7) is 1.00. The van der Waals surface area contributed by atoms with E-state index in [4.69, 9.17) is 17.4 Å². The zero-order valence-corrected chi connectivity index (χ0v) is 10.0. The van der Waals surface area contributed by atoms with E-state index in [-0.39, 0.29) is 6.04 Å². The van der Waals surface area contributed by atoms with E-state index < -0.39 is 0 Å². The van der Waals surface area contributed by atoms with Gasteiger partial charge in [0, 0.05) is 4.88 Å². The lowest BCUT2D eigenvalue weighted by Crippen LogP contribution is -2.30. The number of thiophene rings is 1. The third kappa shape index (κ3) is 3.55. The van der Waals surface area contributed by atoms with Crippen molar-refractivity contribution in [1.82, 2.24) is 10.3 Å². The third-order valence-corrected chi connectivity index (χ3v) is 3.35. The highest BCUT2D eigenvalue weighted by Gasteiger charge is 2.11. The summed E-state index contributed by atoms with van der Waals surface area (Å²) in [5, 5.41) is 0. The second kappa shape index (κ2) is 5.68. The number of nitrogens with two attached hydrogens (primary N) is 1. The molecule has 5 heteroatoms. The molecular formula is C9H16ClN3S. The first kappa shape index (κ1) is 11.9. The summed E-state index contributed by atoms with van der Waals surface area (Å²) in [5.41, 5.74) is 2.81. The molecule has 0 radical (unpaired) electrons. The lowest BCUT2D eigenvalue weighted by molar-refractivity contribution is 0.364. The summed E-state index contributed by atoms with van der Waals surface area (Å²) in [6.07, 6.45) is 0.986. The zero-order chi connectivity index (χ0) is 10.6. The van der Waals surface area contributed by atoms with Crippen molar-refractivity contribution >= 4 is 22.9 Å². The van der Waals surface area contributed by atoms with Crippen LogP contribution in [0, 0.1) is 0 Å². The molecule has 0 aromatic carbocycles. The summed E-state index contributed by atoms with van der Waals surface area (Å²) < 4.78 is 0.810. The predicted molar refractivity (Wildman–Crippen MR) is 62.6 cm³/mol. The molecule has 80 valence electrons. The molecule has 0 bridgehead atoms. The van der Waals surface area contributed by atoms with Gasteiger partial charge in [0.15, 0.2) is 0 Å². The molecule has 0 aliphatic carbocycles. The number of hydrogen-bond acceptors (Lipinski definition) is 4. The molecule has 0 saturated heterocycles. The number of hydrazine groups is 1. The van der Waals surface area contributed by atoms with Crippen LogP contribution in [0.15, 0.2) is 12.1 Å². The van der Waals surface area contributed by atoms with Crippen LogP contribution in [0.5, 0.6) is 0 Å². The second-order valence-corrected chi connectivity index (χ2v) is 5.20. The smallest absolute Gasteiger partial charge is 0.0931 e. The fraction of sp³-hybridized carbons (Fsp3) is 0.556. The minimum atomic E-state index is 0.204. The van der Waals surface area contributed by atoms with E-state index in [2.05, 4.69) is 24.4 Å². The van der Waals surface area contributed by atoms with Crippen LogP contribution in [-0.4, -0.2) is 25.5 Å². The van der Waals surface area contributed by atoms with E-state index in [0.717, 1.165) is 17.3 Å². The molecule has 1 aromatic heterocycles. The second-order valence-electron chi connectivity index (χ2n) is 3.45. The van der Waals surface area contributed by atoms with Gasteiger partial charge in [-0.1, -0.05) is 11.6 Å². The third-order valence-electron chi connectivity index (χ3n) is 2.00. The summed E-state index contributed by atoms with van der Waals surface area (Å²) in [6, 6.07) is 4.13. The van der Waals surface area contributed by atoms with E-state index in [9.17, 15) is 0 Å².